The normalized spacial score (nSPS) is 12.3. The molecule has 1 aromatic rings. The van der Waals surface area contributed by atoms with Crippen LogP contribution in [0.3, 0.4) is 0 Å². The number of rotatable bonds is 4. The van der Waals surface area contributed by atoms with Gasteiger partial charge in [0.1, 0.15) is 0 Å². The van der Waals surface area contributed by atoms with E-state index in [0.29, 0.717) is 27.2 Å². The molecule has 1 unspecified atom stereocenters. The zero-order valence-electron chi connectivity index (χ0n) is 9.27. The molecule has 1 rings (SSSR count). The minimum atomic E-state index is -0.252. The lowest BCUT2D eigenvalue weighted by molar-refractivity contribution is -0.119. The van der Waals surface area contributed by atoms with Crippen molar-refractivity contribution in [2.45, 2.75) is 13.3 Å². The Morgan fingerprint density at radius 2 is 1.88 bits per heavy atom. The van der Waals surface area contributed by atoms with Gasteiger partial charge in [0.15, 0.2) is 0 Å². The molecule has 1 amide bonds. The number of nitrogens with two attached hydrogens (primary N) is 1. The van der Waals surface area contributed by atoms with Crippen LogP contribution in [0.15, 0.2) is 12.1 Å². The van der Waals surface area contributed by atoms with Gasteiger partial charge in [-0.2, -0.15) is 0 Å². The Morgan fingerprint density at radius 3 is 2.29 bits per heavy atom. The van der Waals surface area contributed by atoms with Crippen molar-refractivity contribution in [2.24, 2.45) is 11.7 Å². The standard InChI is InChI=1S/C11H13Cl3N2O/c1-2-6(5-15)11(17)16-10-8(13)3-7(12)4-9(10)14/h3-4,6H,2,5,15H2,1H3,(H,16,17). The molecule has 0 saturated carbocycles. The quantitative estimate of drug-likeness (QED) is 0.892. The Bertz CT molecular complexity index is 396. The molecule has 0 radical (unpaired) electrons. The third-order valence-corrected chi connectivity index (χ3v) is 3.22. The molecule has 3 N–H and O–H groups in total. The van der Waals surface area contributed by atoms with Gasteiger partial charge in [-0.15, -0.1) is 0 Å². The molecule has 1 atom stereocenters. The highest BCUT2D eigenvalue weighted by molar-refractivity contribution is 6.42. The van der Waals surface area contributed by atoms with Crippen molar-refractivity contribution < 1.29 is 4.79 Å². The summed E-state index contributed by atoms with van der Waals surface area (Å²) in [5.74, 6) is -0.445. The lowest BCUT2D eigenvalue weighted by atomic mass is 10.1. The number of nitrogens with one attached hydrogen (secondary N) is 1. The molecule has 0 heterocycles. The highest BCUT2D eigenvalue weighted by Crippen LogP contribution is 2.33. The summed E-state index contributed by atoms with van der Waals surface area (Å²) in [5.41, 5.74) is 5.86. The van der Waals surface area contributed by atoms with Crippen molar-refractivity contribution in [3.05, 3.63) is 27.2 Å². The fraction of sp³-hybridized carbons (Fsp3) is 0.364. The van der Waals surface area contributed by atoms with Crippen molar-refractivity contribution in [1.82, 2.24) is 0 Å². The number of carbonyl (C=O) groups is 1. The van der Waals surface area contributed by atoms with Gasteiger partial charge in [-0.05, 0) is 18.6 Å². The minimum Gasteiger partial charge on any atom is -0.330 e. The summed E-state index contributed by atoms with van der Waals surface area (Å²) in [6.07, 6.45) is 0.658. The van der Waals surface area contributed by atoms with E-state index in [1.54, 1.807) is 0 Å². The number of hydrogen-bond donors (Lipinski definition) is 2. The summed E-state index contributed by atoms with van der Waals surface area (Å²) in [6.45, 7) is 2.17. The van der Waals surface area contributed by atoms with Gasteiger partial charge in [0.25, 0.3) is 0 Å². The molecule has 0 aliphatic heterocycles. The van der Waals surface area contributed by atoms with Crippen LogP contribution in [0.4, 0.5) is 5.69 Å². The van der Waals surface area contributed by atoms with E-state index < -0.39 is 0 Å². The molecular weight excluding hydrogens is 282 g/mol. The van der Waals surface area contributed by atoms with Gasteiger partial charge in [0.05, 0.1) is 21.7 Å². The van der Waals surface area contributed by atoms with E-state index in [-0.39, 0.29) is 18.4 Å². The molecule has 94 valence electrons. The van der Waals surface area contributed by atoms with Gasteiger partial charge in [-0.3, -0.25) is 4.79 Å². The smallest absolute Gasteiger partial charge is 0.228 e. The molecule has 0 aliphatic rings. The van der Waals surface area contributed by atoms with Gasteiger partial charge < -0.3 is 11.1 Å². The molecule has 0 fully saturated rings. The van der Waals surface area contributed by atoms with Crippen LogP contribution in [0.25, 0.3) is 0 Å². The highest BCUT2D eigenvalue weighted by atomic mass is 35.5. The average Bonchev–Trinajstić information content (AvgIpc) is 2.25. The van der Waals surface area contributed by atoms with E-state index >= 15 is 0 Å². The largest absolute Gasteiger partial charge is 0.330 e. The van der Waals surface area contributed by atoms with E-state index in [1.165, 1.54) is 12.1 Å². The number of anilines is 1. The summed E-state index contributed by atoms with van der Waals surface area (Å²) in [7, 11) is 0. The second-order valence-corrected chi connectivity index (χ2v) is 4.83. The maximum absolute atomic E-state index is 11.8. The monoisotopic (exact) mass is 294 g/mol. The van der Waals surface area contributed by atoms with Crippen LogP contribution < -0.4 is 11.1 Å². The van der Waals surface area contributed by atoms with Crippen molar-refractivity contribution in [3.63, 3.8) is 0 Å². The lowest BCUT2D eigenvalue weighted by Crippen LogP contribution is -2.28. The molecule has 0 aliphatic carbocycles. The fourth-order valence-electron chi connectivity index (χ4n) is 1.35. The SMILES string of the molecule is CCC(CN)C(=O)Nc1c(Cl)cc(Cl)cc1Cl. The number of amides is 1. The lowest BCUT2D eigenvalue weighted by Gasteiger charge is -2.14. The number of halogens is 3. The van der Waals surface area contributed by atoms with Gasteiger partial charge in [0.2, 0.25) is 5.91 Å². The Balaban J connectivity index is 2.92. The fourth-order valence-corrected chi connectivity index (χ4v) is 2.26. The van der Waals surface area contributed by atoms with Crippen LogP contribution in [0.1, 0.15) is 13.3 Å². The van der Waals surface area contributed by atoms with Crippen LogP contribution in [-0.2, 0) is 4.79 Å². The van der Waals surface area contributed by atoms with Gasteiger partial charge in [0, 0.05) is 11.6 Å². The number of benzene rings is 1. The molecule has 0 saturated heterocycles. The van der Waals surface area contributed by atoms with Gasteiger partial charge in [-0.25, -0.2) is 0 Å². The molecular formula is C11H13Cl3N2O. The van der Waals surface area contributed by atoms with Crippen LogP contribution in [0.5, 0.6) is 0 Å². The summed E-state index contributed by atoms with van der Waals surface area (Å²) in [5, 5.41) is 3.70. The molecule has 0 bridgehead atoms. The first-order chi connectivity index (χ1) is 7.99. The topological polar surface area (TPSA) is 55.1 Å². The summed E-state index contributed by atoms with van der Waals surface area (Å²) in [6, 6.07) is 3.04. The van der Waals surface area contributed by atoms with E-state index in [0.717, 1.165) is 0 Å². The highest BCUT2D eigenvalue weighted by Gasteiger charge is 2.17. The van der Waals surface area contributed by atoms with Crippen molar-refractivity contribution in [1.29, 1.82) is 0 Å². The molecule has 0 aromatic heterocycles. The van der Waals surface area contributed by atoms with Crippen molar-refractivity contribution >= 4 is 46.4 Å². The first-order valence-electron chi connectivity index (χ1n) is 5.15. The van der Waals surface area contributed by atoms with Crippen LogP contribution in [-0.4, -0.2) is 12.5 Å². The van der Waals surface area contributed by atoms with Crippen LogP contribution in [0, 0.1) is 5.92 Å². The number of carbonyl (C=O) groups excluding carboxylic acids is 1. The Morgan fingerprint density at radius 1 is 1.35 bits per heavy atom. The molecule has 17 heavy (non-hydrogen) atoms. The van der Waals surface area contributed by atoms with Crippen LogP contribution >= 0.6 is 34.8 Å². The third-order valence-electron chi connectivity index (χ3n) is 2.40. The number of hydrogen-bond acceptors (Lipinski definition) is 2. The third kappa shape index (κ3) is 3.75. The van der Waals surface area contributed by atoms with Gasteiger partial charge >= 0.3 is 0 Å². The van der Waals surface area contributed by atoms with Crippen LogP contribution in [0.2, 0.25) is 15.1 Å². The van der Waals surface area contributed by atoms with Crippen molar-refractivity contribution in [3.8, 4) is 0 Å². The summed E-state index contributed by atoms with van der Waals surface area (Å²) in [4.78, 5) is 11.8. The van der Waals surface area contributed by atoms with E-state index in [9.17, 15) is 4.79 Å². The maximum Gasteiger partial charge on any atom is 0.228 e. The predicted molar refractivity (Wildman–Crippen MR) is 72.9 cm³/mol. The Labute approximate surface area is 115 Å². The molecule has 1 aromatic carbocycles. The zero-order valence-corrected chi connectivity index (χ0v) is 11.5. The van der Waals surface area contributed by atoms with E-state index in [2.05, 4.69) is 5.32 Å². The Kier molecular flexibility index (Phi) is 5.53. The Hall–Kier alpha value is -0.480. The predicted octanol–water partition coefficient (Wildman–Crippen LogP) is 3.57. The first-order valence-corrected chi connectivity index (χ1v) is 6.28. The zero-order chi connectivity index (χ0) is 13.0. The van der Waals surface area contributed by atoms with E-state index in [4.69, 9.17) is 40.5 Å². The summed E-state index contributed by atoms with van der Waals surface area (Å²) >= 11 is 17.7. The minimum absolute atomic E-state index is 0.193. The average molecular weight is 296 g/mol. The molecule has 0 spiro atoms. The second kappa shape index (κ2) is 6.45. The van der Waals surface area contributed by atoms with Gasteiger partial charge in [-0.1, -0.05) is 41.7 Å². The van der Waals surface area contributed by atoms with Crippen molar-refractivity contribution in [2.75, 3.05) is 11.9 Å². The summed E-state index contributed by atoms with van der Waals surface area (Å²) < 4.78 is 0. The molecule has 6 heteroatoms. The molecule has 3 nitrogen and oxygen atoms in total. The van der Waals surface area contributed by atoms with E-state index in [1.807, 2.05) is 6.92 Å². The first kappa shape index (κ1) is 14.6. The second-order valence-electron chi connectivity index (χ2n) is 3.57. The maximum atomic E-state index is 11.8.